The summed E-state index contributed by atoms with van der Waals surface area (Å²) in [5, 5.41) is 9.07. The van der Waals surface area contributed by atoms with Gasteiger partial charge in [0.2, 0.25) is 5.91 Å². The van der Waals surface area contributed by atoms with Crippen LogP contribution in [-0.4, -0.2) is 45.2 Å². The van der Waals surface area contributed by atoms with Crippen molar-refractivity contribution in [1.29, 1.82) is 5.26 Å². The SMILES string of the molecule is COc1ccc(S(=O)(=O)CCC(=O)N2CCC(C#N)CC2)cc1Cl. The lowest BCUT2D eigenvalue weighted by Gasteiger charge is -2.29. The molecule has 0 unspecified atom stereocenters. The highest BCUT2D eigenvalue weighted by Gasteiger charge is 2.24. The highest BCUT2D eigenvalue weighted by atomic mass is 35.5. The number of rotatable bonds is 5. The zero-order valence-electron chi connectivity index (χ0n) is 13.4. The third kappa shape index (κ3) is 4.40. The van der Waals surface area contributed by atoms with E-state index >= 15 is 0 Å². The van der Waals surface area contributed by atoms with E-state index in [2.05, 4.69) is 6.07 Å². The molecular weight excluding hydrogens is 352 g/mol. The van der Waals surface area contributed by atoms with Gasteiger partial charge in [-0.25, -0.2) is 8.42 Å². The molecule has 1 aromatic rings. The van der Waals surface area contributed by atoms with Crippen LogP contribution in [0.3, 0.4) is 0 Å². The smallest absolute Gasteiger partial charge is 0.223 e. The lowest BCUT2D eigenvalue weighted by atomic mass is 9.98. The lowest BCUT2D eigenvalue weighted by molar-refractivity contribution is -0.131. The van der Waals surface area contributed by atoms with Crippen molar-refractivity contribution in [3.8, 4) is 11.8 Å². The van der Waals surface area contributed by atoms with Crippen LogP contribution in [0.1, 0.15) is 19.3 Å². The van der Waals surface area contributed by atoms with Crippen LogP contribution in [0.15, 0.2) is 23.1 Å². The number of carbonyl (C=O) groups excluding carboxylic acids is 1. The molecule has 8 heteroatoms. The Kier molecular flexibility index (Phi) is 6.08. The Balaban J connectivity index is 1.96. The van der Waals surface area contributed by atoms with Gasteiger partial charge >= 0.3 is 0 Å². The molecule has 1 aliphatic heterocycles. The van der Waals surface area contributed by atoms with Crippen LogP contribution >= 0.6 is 11.6 Å². The number of nitriles is 1. The molecule has 24 heavy (non-hydrogen) atoms. The maximum atomic E-state index is 12.4. The van der Waals surface area contributed by atoms with Gasteiger partial charge in [-0.1, -0.05) is 11.6 Å². The number of benzene rings is 1. The largest absolute Gasteiger partial charge is 0.495 e. The molecule has 1 aliphatic rings. The number of methoxy groups -OCH3 is 1. The Labute approximate surface area is 146 Å². The van der Waals surface area contributed by atoms with Gasteiger partial charge in [0, 0.05) is 25.4 Å². The zero-order chi connectivity index (χ0) is 17.7. The Bertz CT molecular complexity index is 750. The van der Waals surface area contributed by atoms with Gasteiger partial charge in [0.15, 0.2) is 9.84 Å². The van der Waals surface area contributed by atoms with Gasteiger partial charge in [0.1, 0.15) is 5.75 Å². The topological polar surface area (TPSA) is 87.5 Å². The van der Waals surface area contributed by atoms with Crippen LogP contribution < -0.4 is 4.74 Å². The summed E-state index contributed by atoms with van der Waals surface area (Å²) in [5.41, 5.74) is 0. The van der Waals surface area contributed by atoms with Crippen molar-refractivity contribution in [2.45, 2.75) is 24.2 Å². The summed E-state index contributed by atoms with van der Waals surface area (Å²) in [6.07, 6.45) is 1.20. The lowest BCUT2D eigenvalue weighted by Crippen LogP contribution is -2.38. The van der Waals surface area contributed by atoms with E-state index in [1.54, 1.807) is 4.90 Å². The first-order valence-electron chi connectivity index (χ1n) is 7.61. The number of nitrogens with zero attached hydrogens (tertiary/aromatic N) is 2. The van der Waals surface area contributed by atoms with E-state index in [4.69, 9.17) is 21.6 Å². The van der Waals surface area contributed by atoms with Gasteiger partial charge in [-0.3, -0.25) is 4.79 Å². The van der Waals surface area contributed by atoms with Crippen molar-refractivity contribution in [2.75, 3.05) is 26.0 Å². The van der Waals surface area contributed by atoms with E-state index in [0.717, 1.165) is 0 Å². The van der Waals surface area contributed by atoms with Crippen LogP contribution in [0.25, 0.3) is 0 Å². The number of likely N-dealkylation sites (tertiary alicyclic amines) is 1. The van der Waals surface area contributed by atoms with Crippen molar-refractivity contribution < 1.29 is 17.9 Å². The Morgan fingerprint density at radius 3 is 2.62 bits per heavy atom. The van der Waals surface area contributed by atoms with E-state index in [9.17, 15) is 13.2 Å². The molecule has 0 N–H and O–H groups in total. The fraction of sp³-hybridized carbons (Fsp3) is 0.500. The molecule has 0 radical (unpaired) electrons. The predicted molar refractivity (Wildman–Crippen MR) is 89.6 cm³/mol. The van der Waals surface area contributed by atoms with Crippen molar-refractivity contribution in [2.24, 2.45) is 5.92 Å². The number of halogens is 1. The van der Waals surface area contributed by atoms with Crippen LogP contribution in [0, 0.1) is 17.2 Å². The van der Waals surface area contributed by atoms with E-state index < -0.39 is 9.84 Å². The molecule has 6 nitrogen and oxygen atoms in total. The van der Waals surface area contributed by atoms with Crippen LogP contribution in [0.5, 0.6) is 5.75 Å². The monoisotopic (exact) mass is 370 g/mol. The average Bonchev–Trinajstić information content (AvgIpc) is 2.59. The molecule has 1 saturated heterocycles. The molecule has 130 valence electrons. The zero-order valence-corrected chi connectivity index (χ0v) is 14.9. The first kappa shape index (κ1) is 18.6. The minimum Gasteiger partial charge on any atom is -0.495 e. The molecule has 0 spiro atoms. The molecule has 0 aromatic heterocycles. The fourth-order valence-corrected chi connectivity index (χ4v) is 4.17. The fourth-order valence-electron chi connectivity index (χ4n) is 2.60. The average molecular weight is 371 g/mol. The van der Waals surface area contributed by atoms with E-state index in [1.165, 1.54) is 25.3 Å². The van der Waals surface area contributed by atoms with Gasteiger partial charge in [-0.2, -0.15) is 5.26 Å². The number of carbonyl (C=O) groups is 1. The number of hydrogen-bond acceptors (Lipinski definition) is 5. The summed E-state index contributed by atoms with van der Waals surface area (Å²) >= 11 is 5.96. The first-order chi connectivity index (χ1) is 11.4. The molecule has 0 aliphatic carbocycles. The third-order valence-electron chi connectivity index (χ3n) is 4.10. The number of sulfone groups is 1. The summed E-state index contributed by atoms with van der Waals surface area (Å²) < 4.78 is 29.7. The van der Waals surface area contributed by atoms with Gasteiger partial charge in [0.25, 0.3) is 0 Å². The van der Waals surface area contributed by atoms with Gasteiger partial charge in [0.05, 0.1) is 28.8 Å². The summed E-state index contributed by atoms with van der Waals surface area (Å²) in [6, 6.07) is 6.44. The minimum atomic E-state index is -3.60. The molecule has 0 atom stereocenters. The summed E-state index contributed by atoms with van der Waals surface area (Å²) in [7, 11) is -2.15. The van der Waals surface area contributed by atoms with Gasteiger partial charge in [-0.05, 0) is 31.0 Å². The normalized spacial score (nSPS) is 15.8. The summed E-state index contributed by atoms with van der Waals surface area (Å²) in [5.74, 6) is -0.0898. The Hall–Kier alpha value is -1.78. The number of amides is 1. The Morgan fingerprint density at radius 1 is 1.42 bits per heavy atom. The molecule has 1 fully saturated rings. The van der Waals surface area contributed by atoms with Crippen LogP contribution in [0.2, 0.25) is 5.02 Å². The summed E-state index contributed by atoms with van der Waals surface area (Å²) in [6.45, 7) is 1.01. The van der Waals surface area contributed by atoms with Gasteiger partial charge in [-0.15, -0.1) is 0 Å². The third-order valence-corrected chi connectivity index (χ3v) is 6.11. The maximum Gasteiger partial charge on any atom is 0.223 e. The molecule has 1 aromatic carbocycles. The second-order valence-corrected chi connectivity index (χ2v) is 8.17. The van der Waals surface area contributed by atoms with Crippen LogP contribution in [0.4, 0.5) is 0 Å². The van der Waals surface area contributed by atoms with Crippen molar-refractivity contribution >= 4 is 27.3 Å². The molecule has 1 amide bonds. The quantitative estimate of drug-likeness (QED) is 0.793. The number of hydrogen-bond donors (Lipinski definition) is 0. The molecule has 0 bridgehead atoms. The van der Waals surface area contributed by atoms with Gasteiger partial charge < -0.3 is 9.64 Å². The van der Waals surface area contributed by atoms with Crippen LogP contribution in [-0.2, 0) is 14.6 Å². The summed E-state index contributed by atoms with van der Waals surface area (Å²) in [4.78, 5) is 13.9. The molecule has 2 rings (SSSR count). The first-order valence-corrected chi connectivity index (χ1v) is 9.64. The number of piperidine rings is 1. The maximum absolute atomic E-state index is 12.4. The predicted octanol–water partition coefficient (Wildman–Crippen LogP) is 2.27. The highest BCUT2D eigenvalue weighted by molar-refractivity contribution is 7.91. The second-order valence-electron chi connectivity index (χ2n) is 5.65. The molecular formula is C16H19ClN2O4S. The van der Waals surface area contributed by atoms with E-state index in [0.29, 0.717) is 31.7 Å². The van der Waals surface area contributed by atoms with E-state index in [1.807, 2.05) is 0 Å². The van der Waals surface area contributed by atoms with Crippen molar-refractivity contribution in [1.82, 2.24) is 4.90 Å². The second kappa shape index (κ2) is 7.86. The highest BCUT2D eigenvalue weighted by Crippen LogP contribution is 2.27. The standard InChI is InChI=1S/C16H19ClN2O4S/c1-23-15-3-2-13(10-14(15)17)24(21,22)9-6-16(20)19-7-4-12(11-18)5-8-19/h2-3,10,12H,4-9H2,1H3. The van der Waals surface area contributed by atoms with E-state index in [-0.39, 0.29) is 33.9 Å². The van der Waals surface area contributed by atoms with Crippen molar-refractivity contribution in [3.05, 3.63) is 23.2 Å². The Morgan fingerprint density at radius 2 is 2.08 bits per heavy atom. The molecule has 1 heterocycles. The number of ether oxygens (including phenoxy) is 1. The minimum absolute atomic E-state index is 0.0146. The molecule has 0 saturated carbocycles. The van der Waals surface area contributed by atoms with Crippen molar-refractivity contribution in [3.63, 3.8) is 0 Å².